The van der Waals surface area contributed by atoms with Crippen molar-refractivity contribution >= 4 is 6.03 Å². The monoisotopic (exact) mass is 273 g/mol. The number of amides is 2. The number of hydrogen-bond acceptors (Lipinski definition) is 2. The van der Waals surface area contributed by atoms with Crippen LogP contribution in [0.3, 0.4) is 0 Å². The number of nitrogens with two attached hydrogens (primary N) is 1. The Morgan fingerprint density at radius 2 is 2.16 bits per heavy atom. The molecule has 1 saturated heterocycles. The van der Waals surface area contributed by atoms with Crippen molar-refractivity contribution in [2.45, 2.75) is 12.2 Å². The molecule has 0 radical (unpaired) electrons. The first-order valence-corrected chi connectivity index (χ1v) is 5.83. The molecule has 0 bridgehead atoms. The highest BCUT2D eigenvalue weighted by molar-refractivity contribution is 5.72. The van der Waals surface area contributed by atoms with E-state index < -0.39 is 23.8 Å². The first-order valence-electron chi connectivity index (χ1n) is 5.83. The van der Waals surface area contributed by atoms with Gasteiger partial charge in [-0.2, -0.15) is 13.2 Å². The minimum absolute atomic E-state index is 0.385. The number of carbonyl (C=O) groups is 1. The average molecular weight is 273 g/mol. The lowest BCUT2D eigenvalue weighted by molar-refractivity contribution is -0.137. The molecule has 0 aromatic heterocycles. The number of alkyl halides is 3. The highest BCUT2D eigenvalue weighted by atomic mass is 19.4. The lowest BCUT2D eigenvalue weighted by Crippen LogP contribution is -2.50. The van der Waals surface area contributed by atoms with Crippen LogP contribution in [0.15, 0.2) is 24.3 Å². The molecule has 2 rings (SSSR count). The fourth-order valence-corrected chi connectivity index (χ4v) is 2.19. The first kappa shape index (κ1) is 13.7. The van der Waals surface area contributed by atoms with E-state index in [-0.39, 0.29) is 0 Å². The Morgan fingerprint density at radius 3 is 2.79 bits per heavy atom. The van der Waals surface area contributed by atoms with Crippen molar-refractivity contribution in [2.75, 3.05) is 19.6 Å². The molecule has 0 saturated carbocycles. The number of primary amides is 1. The number of rotatable bonds is 1. The number of piperazine rings is 1. The highest BCUT2D eigenvalue weighted by Crippen LogP contribution is 2.32. The Morgan fingerprint density at radius 1 is 1.42 bits per heavy atom. The van der Waals surface area contributed by atoms with E-state index in [4.69, 9.17) is 5.73 Å². The summed E-state index contributed by atoms with van der Waals surface area (Å²) in [7, 11) is 0. The second-order valence-electron chi connectivity index (χ2n) is 4.37. The van der Waals surface area contributed by atoms with Crippen molar-refractivity contribution in [2.24, 2.45) is 5.73 Å². The molecular weight excluding hydrogens is 259 g/mol. The van der Waals surface area contributed by atoms with Crippen LogP contribution in [-0.4, -0.2) is 30.6 Å². The molecule has 1 heterocycles. The van der Waals surface area contributed by atoms with E-state index in [1.165, 1.54) is 11.0 Å². The number of nitrogens with one attached hydrogen (secondary N) is 1. The molecule has 1 aromatic carbocycles. The Labute approximate surface area is 108 Å². The smallest absolute Gasteiger partial charge is 0.351 e. The van der Waals surface area contributed by atoms with Crippen molar-refractivity contribution < 1.29 is 18.0 Å². The van der Waals surface area contributed by atoms with E-state index in [0.717, 1.165) is 12.1 Å². The standard InChI is InChI=1S/C12H14F3N3O/c13-12(14,15)9-3-1-2-8(6-9)10-7-17-4-5-18(10)11(16)19/h1-3,6,10,17H,4-5,7H2,(H2,16,19). The molecule has 0 aliphatic carbocycles. The molecule has 1 atom stereocenters. The molecule has 4 nitrogen and oxygen atoms in total. The molecule has 1 aliphatic rings. The molecule has 19 heavy (non-hydrogen) atoms. The number of benzene rings is 1. The van der Waals surface area contributed by atoms with Crippen LogP contribution in [0, 0.1) is 0 Å². The molecule has 1 aromatic rings. The zero-order valence-corrected chi connectivity index (χ0v) is 10.1. The van der Waals surface area contributed by atoms with E-state index in [0.29, 0.717) is 25.2 Å². The summed E-state index contributed by atoms with van der Waals surface area (Å²) in [6.45, 7) is 1.36. The van der Waals surface area contributed by atoms with Crippen LogP contribution >= 0.6 is 0 Å². The van der Waals surface area contributed by atoms with Gasteiger partial charge >= 0.3 is 12.2 Å². The average Bonchev–Trinajstić information content (AvgIpc) is 2.38. The van der Waals surface area contributed by atoms with Gasteiger partial charge in [-0.25, -0.2) is 4.79 Å². The third-order valence-electron chi connectivity index (χ3n) is 3.13. The lowest BCUT2D eigenvalue weighted by Gasteiger charge is -2.35. The van der Waals surface area contributed by atoms with Gasteiger partial charge in [0.25, 0.3) is 0 Å². The number of nitrogens with zero attached hydrogens (tertiary/aromatic N) is 1. The fraction of sp³-hybridized carbons (Fsp3) is 0.417. The molecule has 7 heteroatoms. The van der Waals surface area contributed by atoms with Crippen LogP contribution in [0.2, 0.25) is 0 Å². The van der Waals surface area contributed by atoms with E-state index in [1.54, 1.807) is 6.07 Å². The summed E-state index contributed by atoms with van der Waals surface area (Å²) >= 11 is 0. The number of hydrogen-bond donors (Lipinski definition) is 2. The zero-order chi connectivity index (χ0) is 14.0. The summed E-state index contributed by atoms with van der Waals surface area (Å²) < 4.78 is 38.0. The van der Waals surface area contributed by atoms with Crippen LogP contribution in [0.4, 0.5) is 18.0 Å². The van der Waals surface area contributed by atoms with Gasteiger partial charge in [0, 0.05) is 19.6 Å². The van der Waals surface area contributed by atoms with Gasteiger partial charge in [0.05, 0.1) is 11.6 Å². The highest BCUT2D eigenvalue weighted by Gasteiger charge is 2.32. The molecule has 1 unspecified atom stereocenters. The lowest BCUT2D eigenvalue weighted by atomic mass is 10.0. The largest absolute Gasteiger partial charge is 0.416 e. The summed E-state index contributed by atoms with van der Waals surface area (Å²) in [5.74, 6) is 0. The minimum atomic E-state index is -4.39. The maximum atomic E-state index is 12.7. The Balaban J connectivity index is 2.32. The quantitative estimate of drug-likeness (QED) is 0.818. The molecule has 3 N–H and O–H groups in total. The zero-order valence-electron chi connectivity index (χ0n) is 10.1. The van der Waals surface area contributed by atoms with Gasteiger partial charge in [-0.05, 0) is 17.7 Å². The van der Waals surface area contributed by atoms with E-state index >= 15 is 0 Å². The second kappa shape index (κ2) is 5.08. The van der Waals surface area contributed by atoms with Crippen molar-refractivity contribution in [1.29, 1.82) is 0 Å². The summed E-state index contributed by atoms with van der Waals surface area (Å²) in [4.78, 5) is 12.7. The topological polar surface area (TPSA) is 58.4 Å². The van der Waals surface area contributed by atoms with Crippen molar-refractivity contribution in [3.63, 3.8) is 0 Å². The van der Waals surface area contributed by atoms with Crippen LogP contribution in [0.1, 0.15) is 17.2 Å². The van der Waals surface area contributed by atoms with Gasteiger partial charge in [-0.15, -0.1) is 0 Å². The van der Waals surface area contributed by atoms with Crippen molar-refractivity contribution in [3.05, 3.63) is 35.4 Å². The van der Waals surface area contributed by atoms with Gasteiger partial charge in [-0.1, -0.05) is 12.1 Å². The Bertz CT molecular complexity index is 476. The van der Waals surface area contributed by atoms with Crippen molar-refractivity contribution in [1.82, 2.24) is 10.2 Å². The van der Waals surface area contributed by atoms with Gasteiger partial charge in [0.15, 0.2) is 0 Å². The third-order valence-corrected chi connectivity index (χ3v) is 3.13. The van der Waals surface area contributed by atoms with Crippen LogP contribution in [0.25, 0.3) is 0 Å². The second-order valence-corrected chi connectivity index (χ2v) is 4.37. The molecule has 2 amide bonds. The van der Waals surface area contributed by atoms with Crippen LogP contribution < -0.4 is 11.1 Å². The summed E-state index contributed by atoms with van der Waals surface area (Å²) in [5.41, 5.74) is 4.96. The normalized spacial score (nSPS) is 20.4. The Kier molecular flexibility index (Phi) is 3.66. The molecule has 0 spiro atoms. The van der Waals surface area contributed by atoms with Gasteiger partial charge < -0.3 is 16.0 Å². The molecule has 104 valence electrons. The maximum absolute atomic E-state index is 12.7. The number of urea groups is 1. The van der Waals surface area contributed by atoms with Gasteiger partial charge in [0.1, 0.15) is 0 Å². The predicted molar refractivity (Wildman–Crippen MR) is 63.3 cm³/mol. The molecular formula is C12H14F3N3O. The summed E-state index contributed by atoms with van der Waals surface area (Å²) in [6.07, 6.45) is -4.39. The van der Waals surface area contributed by atoms with E-state index in [9.17, 15) is 18.0 Å². The van der Waals surface area contributed by atoms with Crippen LogP contribution in [0.5, 0.6) is 0 Å². The van der Waals surface area contributed by atoms with E-state index in [1.807, 2.05) is 0 Å². The molecule has 1 fully saturated rings. The predicted octanol–water partition coefficient (Wildman–Crippen LogP) is 1.73. The van der Waals surface area contributed by atoms with Crippen molar-refractivity contribution in [3.8, 4) is 0 Å². The van der Waals surface area contributed by atoms with Gasteiger partial charge in [0.2, 0.25) is 0 Å². The van der Waals surface area contributed by atoms with Gasteiger partial charge in [-0.3, -0.25) is 0 Å². The fourth-order valence-electron chi connectivity index (χ4n) is 2.19. The number of carbonyl (C=O) groups excluding carboxylic acids is 1. The SMILES string of the molecule is NC(=O)N1CCNCC1c1cccc(C(F)(F)F)c1. The maximum Gasteiger partial charge on any atom is 0.416 e. The third kappa shape index (κ3) is 2.98. The summed E-state index contributed by atoms with van der Waals surface area (Å²) in [6, 6.07) is 3.90. The molecule has 1 aliphatic heterocycles. The first-order chi connectivity index (χ1) is 8.89. The Hall–Kier alpha value is -1.76. The summed E-state index contributed by atoms with van der Waals surface area (Å²) in [5, 5.41) is 3.05. The van der Waals surface area contributed by atoms with Crippen LogP contribution in [-0.2, 0) is 6.18 Å². The minimum Gasteiger partial charge on any atom is -0.351 e. The number of halogens is 3. The van der Waals surface area contributed by atoms with E-state index in [2.05, 4.69) is 5.32 Å².